The molecule has 2 fully saturated rings. The topological polar surface area (TPSA) is 46.3 Å². The van der Waals surface area contributed by atoms with Crippen LogP contribution in [0.2, 0.25) is 0 Å². The molecule has 2 N–H and O–H groups in total. The van der Waals surface area contributed by atoms with Crippen LogP contribution in [0.15, 0.2) is 24.3 Å². The highest BCUT2D eigenvalue weighted by Crippen LogP contribution is 2.61. The van der Waals surface area contributed by atoms with Crippen molar-refractivity contribution in [2.75, 3.05) is 13.1 Å². The lowest BCUT2D eigenvalue weighted by molar-refractivity contribution is -0.133. The molecule has 4 unspecified atom stereocenters. The molecular weight excluding hydrogens is 308 g/mol. The number of nitrogens with two attached hydrogens (primary N) is 1. The molecule has 2 aliphatic carbocycles. The molecule has 1 amide bonds. The number of fused-ring (bicyclic) bond motifs is 2. The van der Waals surface area contributed by atoms with Gasteiger partial charge in [-0.3, -0.25) is 4.79 Å². The molecular formula is C19H27ClN2O. The van der Waals surface area contributed by atoms with E-state index in [4.69, 9.17) is 5.73 Å². The van der Waals surface area contributed by atoms with Crippen molar-refractivity contribution in [1.29, 1.82) is 0 Å². The lowest BCUT2D eigenvalue weighted by atomic mass is 9.78. The Morgan fingerprint density at radius 3 is 2.91 bits per heavy atom. The summed E-state index contributed by atoms with van der Waals surface area (Å²) in [4.78, 5) is 15.2. The van der Waals surface area contributed by atoms with Crippen LogP contribution in [0.1, 0.15) is 43.7 Å². The van der Waals surface area contributed by atoms with Gasteiger partial charge in [0, 0.05) is 23.9 Å². The van der Waals surface area contributed by atoms with Gasteiger partial charge >= 0.3 is 0 Å². The average molecular weight is 335 g/mol. The predicted molar refractivity (Wildman–Crippen MR) is 94.7 cm³/mol. The Balaban J connectivity index is 0.00000156. The third kappa shape index (κ3) is 2.58. The van der Waals surface area contributed by atoms with Crippen molar-refractivity contribution in [2.24, 2.45) is 17.6 Å². The van der Waals surface area contributed by atoms with Gasteiger partial charge in [-0.2, -0.15) is 0 Å². The molecule has 1 aromatic rings. The Morgan fingerprint density at radius 1 is 1.39 bits per heavy atom. The Bertz CT molecular complexity index is 605. The zero-order chi connectivity index (χ0) is 15.3. The molecule has 1 aliphatic heterocycles. The molecule has 1 aromatic carbocycles. The SMILES string of the molecule is CC1CC(CN)CN1C(=O)C1CC12CCCc1ccccc12.Cl. The fourth-order valence-corrected chi connectivity index (χ4v) is 4.98. The van der Waals surface area contributed by atoms with E-state index in [2.05, 4.69) is 36.1 Å². The molecule has 1 heterocycles. The maximum Gasteiger partial charge on any atom is 0.226 e. The number of aryl methyl sites for hydroxylation is 1. The fourth-order valence-electron chi connectivity index (χ4n) is 4.98. The van der Waals surface area contributed by atoms with E-state index >= 15 is 0 Å². The van der Waals surface area contributed by atoms with Gasteiger partial charge in [0.15, 0.2) is 0 Å². The van der Waals surface area contributed by atoms with Gasteiger partial charge in [0.05, 0.1) is 0 Å². The van der Waals surface area contributed by atoms with Crippen molar-refractivity contribution < 1.29 is 4.79 Å². The normalized spacial score (nSPS) is 34.9. The Morgan fingerprint density at radius 2 is 2.17 bits per heavy atom. The van der Waals surface area contributed by atoms with E-state index in [0.717, 1.165) is 19.4 Å². The molecule has 1 saturated heterocycles. The molecule has 0 aromatic heterocycles. The summed E-state index contributed by atoms with van der Waals surface area (Å²) in [5.41, 5.74) is 8.90. The van der Waals surface area contributed by atoms with Crippen LogP contribution in [0, 0.1) is 11.8 Å². The summed E-state index contributed by atoms with van der Waals surface area (Å²) in [6.07, 6.45) is 5.71. The van der Waals surface area contributed by atoms with E-state index in [0.29, 0.717) is 24.4 Å². The van der Waals surface area contributed by atoms with Gasteiger partial charge in [-0.05, 0) is 62.6 Å². The second kappa shape index (κ2) is 6.10. The Labute approximate surface area is 145 Å². The first-order valence-corrected chi connectivity index (χ1v) is 8.74. The monoisotopic (exact) mass is 334 g/mol. The molecule has 3 aliphatic rings. The quantitative estimate of drug-likeness (QED) is 0.904. The van der Waals surface area contributed by atoms with Gasteiger partial charge in [0.25, 0.3) is 0 Å². The van der Waals surface area contributed by atoms with Gasteiger partial charge in [0.2, 0.25) is 5.91 Å². The first-order chi connectivity index (χ1) is 10.7. The number of carbonyl (C=O) groups is 1. The highest BCUT2D eigenvalue weighted by molar-refractivity contribution is 5.85. The van der Waals surface area contributed by atoms with Crippen LogP contribution in [0.25, 0.3) is 0 Å². The van der Waals surface area contributed by atoms with Gasteiger partial charge < -0.3 is 10.6 Å². The van der Waals surface area contributed by atoms with Crippen molar-refractivity contribution in [3.63, 3.8) is 0 Å². The second-order valence-corrected chi connectivity index (χ2v) is 7.60. The van der Waals surface area contributed by atoms with Gasteiger partial charge in [-0.15, -0.1) is 12.4 Å². The number of hydrogen-bond donors (Lipinski definition) is 1. The van der Waals surface area contributed by atoms with E-state index < -0.39 is 0 Å². The highest BCUT2D eigenvalue weighted by Gasteiger charge is 2.61. The Kier molecular flexibility index (Phi) is 4.45. The third-order valence-electron chi connectivity index (χ3n) is 6.27. The minimum Gasteiger partial charge on any atom is -0.339 e. The average Bonchev–Trinajstić information content (AvgIpc) is 3.12. The summed E-state index contributed by atoms with van der Waals surface area (Å²) in [5, 5.41) is 0. The number of rotatable bonds is 2. The maximum absolute atomic E-state index is 13.0. The Hall–Kier alpha value is -1.06. The van der Waals surface area contributed by atoms with E-state index in [1.807, 2.05) is 0 Å². The fraction of sp³-hybridized carbons (Fsp3) is 0.632. The van der Waals surface area contributed by atoms with Crippen molar-refractivity contribution in [3.8, 4) is 0 Å². The molecule has 4 atom stereocenters. The minimum atomic E-state index is 0. The molecule has 1 saturated carbocycles. The predicted octanol–water partition coefficient (Wildman–Crippen LogP) is 2.90. The highest BCUT2D eigenvalue weighted by atomic mass is 35.5. The van der Waals surface area contributed by atoms with Gasteiger partial charge in [-0.1, -0.05) is 24.3 Å². The lowest BCUT2D eigenvalue weighted by Crippen LogP contribution is -2.37. The third-order valence-corrected chi connectivity index (χ3v) is 6.27. The molecule has 1 spiro atoms. The van der Waals surface area contributed by atoms with Crippen LogP contribution < -0.4 is 5.73 Å². The second-order valence-electron chi connectivity index (χ2n) is 7.60. The smallest absolute Gasteiger partial charge is 0.226 e. The number of halogens is 1. The standard InChI is InChI=1S/C19H26N2O.ClH/c1-13-9-14(11-20)12-21(13)18(22)17-10-19(17)8-4-6-15-5-2-3-7-16(15)19;/h2-3,5,7,13-14,17H,4,6,8-12,20H2,1H3;1H. The summed E-state index contributed by atoms with van der Waals surface area (Å²) in [7, 11) is 0. The van der Waals surface area contributed by atoms with Crippen molar-refractivity contribution >= 4 is 18.3 Å². The van der Waals surface area contributed by atoms with Gasteiger partial charge in [-0.25, -0.2) is 0 Å². The number of carbonyl (C=O) groups excluding carboxylic acids is 1. The van der Waals surface area contributed by atoms with E-state index in [-0.39, 0.29) is 23.7 Å². The molecule has 0 bridgehead atoms. The number of likely N-dealkylation sites (tertiary alicyclic amines) is 1. The summed E-state index contributed by atoms with van der Waals surface area (Å²) < 4.78 is 0. The van der Waals surface area contributed by atoms with Crippen LogP contribution in [-0.4, -0.2) is 29.9 Å². The molecule has 4 rings (SSSR count). The summed E-state index contributed by atoms with van der Waals surface area (Å²) in [6.45, 7) is 3.74. The van der Waals surface area contributed by atoms with Crippen molar-refractivity contribution in [1.82, 2.24) is 4.90 Å². The van der Waals surface area contributed by atoms with Crippen molar-refractivity contribution in [2.45, 2.75) is 50.5 Å². The lowest BCUT2D eigenvalue weighted by Gasteiger charge is -2.28. The molecule has 23 heavy (non-hydrogen) atoms. The minimum absolute atomic E-state index is 0. The van der Waals surface area contributed by atoms with E-state index in [1.54, 1.807) is 0 Å². The van der Waals surface area contributed by atoms with Crippen LogP contribution in [0.3, 0.4) is 0 Å². The first kappa shape index (κ1) is 16.8. The number of benzene rings is 1. The maximum atomic E-state index is 13.0. The zero-order valence-electron chi connectivity index (χ0n) is 13.8. The van der Waals surface area contributed by atoms with Crippen molar-refractivity contribution in [3.05, 3.63) is 35.4 Å². The van der Waals surface area contributed by atoms with E-state index in [9.17, 15) is 4.79 Å². The molecule has 126 valence electrons. The summed E-state index contributed by atoms with van der Waals surface area (Å²) in [5.74, 6) is 1.10. The largest absolute Gasteiger partial charge is 0.339 e. The van der Waals surface area contributed by atoms with Crippen LogP contribution in [0.4, 0.5) is 0 Å². The van der Waals surface area contributed by atoms with Crippen LogP contribution in [0.5, 0.6) is 0 Å². The summed E-state index contributed by atoms with van der Waals surface area (Å²) in [6, 6.07) is 9.13. The number of hydrogen-bond acceptors (Lipinski definition) is 2. The number of nitrogens with zero attached hydrogens (tertiary/aromatic N) is 1. The zero-order valence-corrected chi connectivity index (χ0v) is 14.6. The molecule has 3 nitrogen and oxygen atoms in total. The van der Waals surface area contributed by atoms with E-state index in [1.165, 1.54) is 30.4 Å². The van der Waals surface area contributed by atoms with Gasteiger partial charge in [0.1, 0.15) is 0 Å². The van der Waals surface area contributed by atoms with Crippen LogP contribution in [-0.2, 0) is 16.6 Å². The molecule has 0 radical (unpaired) electrons. The molecule has 4 heteroatoms. The number of amides is 1. The van der Waals surface area contributed by atoms with Crippen LogP contribution >= 0.6 is 12.4 Å². The summed E-state index contributed by atoms with van der Waals surface area (Å²) >= 11 is 0. The first-order valence-electron chi connectivity index (χ1n) is 8.74.